The van der Waals surface area contributed by atoms with Crippen molar-refractivity contribution in [1.82, 2.24) is 4.98 Å². The van der Waals surface area contributed by atoms with Crippen LogP contribution in [0.15, 0.2) is 0 Å². The number of nitrogens with two attached hydrogens (primary N) is 1. The van der Waals surface area contributed by atoms with Gasteiger partial charge in [-0.15, -0.1) is 11.3 Å². The van der Waals surface area contributed by atoms with Gasteiger partial charge in [0.1, 0.15) is 11.2 Å². The summed E-state index contributed by atoms with van der Waals surface area (Å²) in [6.45, 7) is 2.04. The van der Waals surface area contributed by atoms with Crippen molar-refractivity contribution in [2.75, 3.05) is 25.1 Å². The molecule has 2 rings (SSSR count). The maximum Gasteiger partial charge on any atom is 0.323 e. The molecule has 18 heavy (non-hydrogen) atoms. The molecule has 1 saturated heterocycles. The van der Waals surface area contributed by atoms with Crippen molar-refractivity contribution in [2.45, 2.75) is 25.3 Å². The fraction of sp³-hybridized carbons (Fsp3) is 0.636. The molecule has 1 atom stereocenters. The molecule has 1 fully saturated rings. The molecule has 100 valence electrons. The molecule has 5 nitrogen and oxygen atoms in total. The second kappa shape index (κ2) is 5.86. The lowest BCUT2D eigenvalue weighted by molar-refractivity contribution is -0.142. The minimum Gasteiger partial charge on any atom is -0.468 e. The second-order valence-corrected chi connectivity index (χ2v) is 5.66. The Kier molecular flexibility index (Phi) is 4.42. The predicted octanol–water partition coefficient (Wildman–Crippen LogP) is 1.44. The van der Waals surface area contributed by atoms with Gasteiger partial charge in [-0.05, 0) is 12.8 Å². The second-order valence-electron chi connectivity index (χ2n) is 4.24. The zero-order chi connectivity index (χ0) is 13.1. The van der Waals surface area contributed by atoms with Crippen molar-refractivity contribution in [3.05, 3.63) is 10.0 Å². The van der Waals surface area contributed by atoms with Crippen LogP contribution in [0, 0.1) is 0 Å². The van der Waals surface area contributed by atoms with E-state index in [2.05, 4.69) is 14.6 Å². The van der Waals surface area contributed by atoms with E-state index in [1.165, 1.54) is 31.3 Å². The quantitative estimate of drug-likeness (QED) is 0.850. The molecule has 0 spiro atoms. The molecule has 7 heteroatoms. The van der Waals surface area contributed by atoms with E-state index in [9.17, 15) is 4.79 Å². The van der Waals surface area contributed by atoms with Crippen LogP contribution in [0.1, 0.15) is 17.7 Å². The molecule has 0 aliphatic carbocycles. The summed E-state index contributed by atoms with van der Waals surface area (Å²) in [5.41, 5.74) is 5.72. The summed E-state index contributed by atoms with van der Waals surface area (Å²) < 4.78 is 4.60. The van der Waals surface area contributed by atoms with Crippen molar-refractivity contribution in [2.24, 2.45) is 5.73 Å². The number of carbonyl (C=O) groups excluding carboxylic acids is 1. The molecule has 1 aromatic rings. The highest BCUT2D eigenvalue weighted by Crippen LogP contribution is 2.32. The van der Waals surface area contributed by atoms with Gasteiger partial charge in [-0.1, -0.05) is 11.6 Å². The summed E-state index contributed by atoms with van der Waals surface area (Å²) in [7, 11) is 1.33. The summed E-state index contributed by atoms with van der Waals surface area (Å²) >= 11 is 7.59. The van der Waals surface area contributed by atoms with Crippen LogP contribution in [-0.2, 0) is 16.0 Å². The number of rotatable bonds is 4. The van der Waals surface area contributed by atoms with E-state index in [1.807, 2.05) is 0 Å². The van der Waals surface area contributed by atoms with Gasteiger partial charge in [-0.3, -0.25) is 4.79 Å². The largest absolute Gasteiger partial charge is 0.468 e. The van der Waals surface area contributed by atoms with Crippen LogP contribution < -0.4 is 10.6 Å². The third kappa shape index (κ3) is 2.93. The van der Waals surface area contributed by atoms with Gasteiger partial charge in [0.25, 0.3) is 0 Å². The van der Waals surface area contributed by atoms with E-state index in [-0.39, 0.29) is 0 Å². The molecule has 2 N–H and O–H groups in total. The highest BCUT2D eigenvalue weighted by Gasteiger charge is 2.22. The fourth-order valence-electron chi connectivity index (χ4n) is 1.93. The Morgan fingerprint density at radius 2 is 2.28 bits per heavy atom. The molecule has 0 bridgehead atoms. The highest BCUT2D eigenvalue weighted by molar-refractivity contribution is 7.16. The lowest BCUT2D eigenvalue weighted by Crippen LogP contribution is -2.33. The molecule has 0 amide bonds. The SMILES string of the molecule is COC(=O)C(N)Cc1sc(N2CCCC2)nc1Cl. The minimum atomic E-state index is -0.681. The average Bonchev–Trinajstić information content (AvgIpc) is 2.98. The number of esters is 1. The number of nitrogens with zero attached hydrogens (tertiary/aromatic N) is 2. The molecule has 1 aromatic heterocycles. The van der Waals surface area contributed by atoms with Crippen LogP contribution in [0.3, 0.4) is 0 Å². The van der Waals surface area contributed by atoms with Gasteiger partial charge < -0.3 is 15.4 Å². The molecular weight excluding hydrogens is 274 g/mol. The number of halogens is 1. The summed E-state index contributed by atoms with van der Waals surface area (Å²) in [5.74, 6) is -0.429. The van der Waals surface area contributed by atoms with Crippen molar-refractivity contribution < 1.29 is 9.53 Å². The van der Waals surface area contributed by atoms with Crippen LogP contribution in [-0.4, -0.2) is 37.2 Å². The standard InChI is InChI=1S/C11H16ClN3O2S/c1-17-10(16)7(13)6-8-9(12)14-11(18-8)15-4-2-3-5-15/h7H,2-6,13H2,1H3. The van der Waals surface area contributed by atoms with Gasteiger partial charge in [0.2, 0.25) is 0 Å². The minimum absolute atomic E-state index is 0.372. The van der Waals surface area contributed by atoms with Gasteiger partial charge >= 0.3 is 5.97 Å². The molecule has 0 saturated carbocycles. The average molecular weight is 290 g/mol. The van der Waals surface area contributed by atoms with Crippen molar-refractivity contribution in [3.63, 3.8) is 0 Å². The van der Waals surface area contributed by atoms with Crippen molar-refractivity contribution >= 4 is 34.0 Å². The van der Waals surface area contributed by atoms with E-state index >= 15 is 0 Å². The van der Waals surface area contributed by atoms with E-state index in [4.69, 9.17) is 17.3 Å². The maximum atomic E-state index is 11.3. The number of carbonyl (C=O) groups is 1. The van der Waals surface area contributed by atoms with Crippen LogP contribution in [0.5, 0.6) is 0 Å². The summed E-state index contributed by atoms with van der Waals surface area (Å²) in [6.07, 6.45) is 2.75. The van der Waals surface area contributed by atoms with Crippen LogP contribution in [0.2, 0.25) is 5.15 Å². The number of thiazole rings is 1. The Hall–Kier alpha value is -0.850. The van der Waals surface area contributed by atoms with E-state index in [0.29, 0.717) is 11.6 Å². The van der Waals surface area contributed by atoms with Crippen LogP contribution >= 0.6 is 22.9 Å². The Morgan fingerprint density at radius 1 is 1.61 bits per heavy atom. The molecule has 0 radical (unpaired) electrons. The Bertz CT molecular complexity index is 432. The Labute approximate surface area is 115 Å². The summed E-state index contributed by atoms with van der Waals surface area (Å²) in [5, 5.41) is 1.37. The number of anilines is 1. The van der Waals surface area contributed by atoms with E-state index < -0.39 is 12.0 Å². The predicted molar refractivity (Wildman–Crippen MR) is 72.3 cm³/mol. The number of hydrogen-bond donors (Lipinski definition) is 1. The Morgan fingerprint density at radius 3 is 2.89 bits per heavy atom. The maximum absolute atomic E-state index is 11.3. The molecule has 1 aliphatic heterocycles. The first-order valence-electron chi connectivity index (χ1n) is 5.85. The molecule has 1 aliphatic rings. The topological polar surface area (TPSA) is 68.5 Å². The van der Waals surface area contributed by atoms with Gasteiger partial charge in [0.05, 0.1) is 7.11 Å². The first kappa shape index (κ1) is 13.6. The number of hydrogen-bond acceptors (Lipinski definition) is 6. The lowest BCUT2D eigenvalue weighted by Gasteiger charge is -2.12. The zero-order valence-corrected chi connectivity index (χ0v) is 11.8. The summed E-state index contributed by atoms with van der Waals surface area (Å²) in [6, 6.07) is -0.681. The lowest BCUT2D eigenvalue weighted by atomic mass is 10.2. The normalized spacial score (nSPS) is 16.9. The first-order chi connectivity index (χ1) is 8.61. The third-order valence-electron chi connectivity index (χ3n) is 2.92. The zero-order valence-electron chi connectivity index (χ0n) is 10.2. The smallest absolute Gasteiger partial charge is 0.323 e. The Balaban J connectivity index is 2.06. The van der Waals surface area contributed by atoms with E-state index in [0.717, 1.165) is 23.1 Å². The van der Waals surface area contributed by atoms with Gasteiger partial charge in [-0.2, -0.15) is 0 Å². The number of methoxy groups -OCH3 is 1. The van der Waals surface area contributed by atoms with Gasteiger partial charge in [0.15, 0.2) is 5.13 Å². The van der Waals surface area contributed by atoms with Crippen molar-refractivity contribution in [1.29, 1.82) is 0 Å². The molecule has 2 heterocycles. The first-order valence-corrected chi connectivity index (χ1v) is 7.05. The van der Waals surface area contributed by atoms with Gasteiger partial charge in [0, 0.05) is 24.4 Å². The van der Waals surface area contributed by atoms with Crippen LogP contribution in [0.4, 0.5) is 5.13 Å². The molecule has 0 aromatic carbocycles. The highest BCUT2D eigenvalue weighted by atomic mass is 35.5. The van der Waals surface area contributed by atoms with Crippen molar-refractivity contribution in [3.8, 4) is 0 Å². The monoisotopic (exact) mass is 289 g/mol. The molecular formula is C11H16ClN3O2S. The third-order valence-corrected chi connectivity index (χ3v) is 4.49. The fourth-order valence-corrected chi connectivity index (χ4v) is 3.31. The van der Waals surface area contributed by atoms with Crippen LogP contribution in [0.25, 0.3) is 0 Å². The number of aromatic nitrogens is 1. The molecule has 1 unspecified atom stereocenters. The summed E-state index contributed by atoms with van der Waals surface area (Å²) in [4.78, 5) is 18.7. The van der Waals surface area contributed by atoms with E-state index in [1.54, 1.807) is 0 Å². The van der Waals surface area contributed by atoms with Gasteiger partial charge in [-0.25, -0.2) is 4.98 Å². The number of ether oxygens (including phenoxy) is 1.